The Kier molecular flexibility index (Phi) is 6.99. The molecular formula is C18H25ClN4O3. The number of nitrogens with one attached hydrogen (secondary N) is 3. The molecule has 142 valence electrons. The molecule has 1 aliphatic heterocycles. The Balaban J connectivity index is 0.00000243. The molecule has 2 aromatic rings. The highest BCUT2D eigenvalue weighted by Crippen LogP contribution is 2.13. The topological polar surface area (TPSA) is 96.0 Å². The normalized spacial score (nSPS) is 16.9. The maximum atomic E-state index is 12.3. The highest BCUT2D eigenvalue weighted by Gasteiger charge is 2.14. The first-order chi connectivity index (χ1) is 12.1. The second kappa shape index (κ2) is 9.00. The zero-order chi connectivity index (χ0) is 17.8. The molecule has 1 fully saturated rings. The van der Waals surface area contributed by atoms with E-state index in [9.17, 15) is 14.4 Å². The first kappa shape index (κ1) is 20.2. The molecule has 1 atom stereocenters. The van der Waals surface area contributed by atoms with Crippen molar-refractivity contribution in [2.24, 2.45) is 5.92 Å². The molecule has 1 aliphatic rings. The molecule has 1 unspecified atom stereocenters. The molecule has 0 bridgehead atoms. The number of hydrogen-bond acceptors (Lipinski definition) is 4. The zero-order valence-corrected chi connectivity index (χ0v) is 15.7. The summed E-state index contributed by atoms with van der Waals surface area (Å²) in [5, 5.41) is 6.70. The molecule has 1 saturated heterocycles. The summed E-state index contributed by atoms with van der Waals surface area (Å²) in [5.41, 5.74) is 0.0442. The van der Waals surface area contributed by atoms with Crippen molar-refractivity contribution < 1.29 is 4.79 Å². The highest BCUT2D eigenvalue weighted by molar-refractivity contribution is 5.97. The van der Waals surface area contributed by atoms with Gasteiger partial charge >= 0.3 is 5.69 Å². The molecule has 1 amide bonds. The van der Waals surface area contributed by atoms with Crippen LogP contribution in [-0.2, 0) is 6.54 Å². The van der Waals surface area contributed by atoms with Crippen molar-refractivity contribution in [1.29, 1.82) is 0 Å². The lowest BCUT2D eigenvalue weighted by Gasteiger charge is -2.22. The Morgan fingerprint density at radius 2 is 2.15 bits per heavy atom. The lowest BCUT2D eigenvalue weighted by molar-refractivity contribution is 0.0950. The number of nitrogens with zero attached hydrogens (tertiary/aromatic N) is 1. The van der Waals surface area contributed by atoms with Gasteiger partial charge in [0, 0.05) is 18.7 Å². The molecule has 3 rings (SSSR count). The summed E-state index contributed by atoms with van der Waals surface area (Å²) in [6.07, 6.45) is 3.33. The van der Waals surface area contributed by atoms with E-state index in [-0.39, 0.29) is 23.9 Å². The van der Waals surface area contributed by atoms with Crippen LogP contribution >= 0.6 is 12.4 Å². The first-order valence-electron chi connectivity index (χ1n) is 8.86. The Bertz CT molecular complexity index is 884. The fourth-order valence-corrected chi connectivity index (χ4v) is 3.35. The van der Waals surface area contributed by atoms with Gasteiger partial charge in [-0.2, -0.15) is 0 Å². The number of carbonyl (C=O) groups excluding carboxylic acids is 1. The molecule has 1 aromatic carbocycles. The van der Waals surface area contributed by atoms with Gasteiger partial charge in [0.1, 0.15) is 0 Å². The van der Waals surface area contributed by atoms with E-state index in [1.54, 1.807) is 25.1 Å². The van der Waals surface area contributed by atoms with E-state index in [1.165, 1.54) is 12.8 Å². The molecule has 26 heavy (non-hydrogen) atoms. The minimum atomic E-state index is -0.456. The number of carbonyl (C=O) groups is 1. The average molecular weight is 381 g/mol. The summed E-state index contributed by atoms with van der Waals surface area (Å²) in [4.78, 5) is 39.2. The van der Waals surface area contributed by atoms with Gasteiger partial charge in [0.2, 0.25) is 0 Å². The molecule has 0 radical (unpaired) electrons. The summed E-state index contributed by atoms with van der Waals surface area (Å²) < 4.78 is 1.14. The van der Waals surface area contributed by atoms with Gasteiger partial charge in [0.05, 0.1) is 10.9 Å². The van der Waals surface area contributed by atoms with Gasteiger partial charge in [-0.25, -0.2) is 4.79 Å². The second-order valence-corrected chi connectivity index (χ2v) is 6.50. The van der Waals surface area contributed by atoms with Crippen molar-refractivity contribution in [2.45, 2.75) is 32.7 Å². The number of benzene rings is 1. The fraction of sp³-hybridized carbons (Fsp3) is 0.500. The lowest BCUT2D eigenvalue weighted by atomic mass is 9.96. The number of aromatic nitrogens is 2. The molecule has 2 heterocycles. The van der Waals surface area contributed by atoms with E-state index >= 15 is 0 Å². The SMILES string of the molecule is CCn1c(=O)[nH]c2cc(C(=O)NCCC3CCCNC3)ccc2c1=O.Cl. The number of piperidine rings is 1. The van der Waals surface area contributed by atoms with Crippen LogP contribution in [0.3, 0.4) is 0 Å². The standard InChI is InChI=1S/C18H24N4O3.ClH/c1-2-22-17(24)14-6-5-13(10-15(14)21-18(22)25)16(23)20-9-7-12-4-3-8-19-11-12;/h5-6,10,12,19H,2-4,7-9,11H2,1H3,(H,20,23)(H,21,25);1H. The van der Waals surface area contributed by atoms with Crippen molar-refractivity contribution in [1.82, 2.24) is 20.2 Å². The summed E-state index contributed by atoms with van der Waals surface area (Å²) in [7, 11) is 0. The van der Waals surface area contributed by atoms with E-state index < -0.39 is 5.69 Å². The maximum absolute atomic E-state index is 12.3. The van der Waals surface area contributed by atoms with Crippen LogP contribution in [0.2, 0.25) is 0 Å². The molecule has 1 aromatic heterocycles. The number of rotatable bonds is 5. The van der Waals surface area contributed by atoms with Crippen molar-refractivity contribution in [3.63, 3.8) is 0 Å². The Labute approximate surface area is 157 Å². The third-order valence-electron chi connectivity index (χ3n) is 4.80. The lowest BCUT2D eigenvalue weighted by Crippen LogP contribution is -2.34. The molecule has 0 aliphatic carbocycles. The number of aromatic amines is 1. The predicted molar refractivity (Wildman–Crippen MR) is 104 cm³/mol. The van der Waals surface area contributed by atoms with Crippen LogP contribution in [-0.4, -0.2) is 35.1 Å². The number of halogens is 1. The van der Waals surface area contributed by atoms with Crippen LogP contribution in [0.1, 0.15) is 36.5 Å². The van der Waals surface area contributed by atoms with Crippen molar-refractivity contribution in [3.05, 3.63) is 44.6 Å². The number of amides is 1. The molecule has 3 N–H and O–H groups in total. The van der Waals surface area contributed by atoms with Crippen molar-refractivity contribution >= 4 is 29.2 Å². The van der Waals surface area contributed by atoms with Gasteiger partial charge < -0.3 is 15.6 Å². The van der Waals surface area contributed by atoms with Gasteiger partial charge in [-0.15, -0.1) is 12.4 Å². The predicted octanol–water partition coefficient (Wildman–Crippen LogP) is 1.25. The summed E-state index contributed by atoms with van der Waals surface area (Å²) in [6.45, 7) is 4.76. The van der Waals surface area contributed by atoms with Crippen molar-refractivity contribution in [2.75, 3.05) is 19.6 Å². The highest BCUT2D eigenvalue weighted by atomic mass is 35.5. The average Bonchev–Trinajstić information content (AvgIpc) is 2.62. The minimum Gasteiger partial charge on any atom is -0.352 e. The van der Waals surface area contributed by atoms with E-state index in [0.29, 0.717) is 35.5 Å². The maximum Gasteiger partial charge on any atom is 0.328 e. The number of H-pyrrole nitrogens is 1. The second-order valence-electron chi connectivity index (χ2n) is 6.50. The monoisotopic (exact) mass is 380 g/mol. The van der Waals surface area contributed by atoms with Gasteiger partial charge in [-0.05, 0) is 63.4 Å². The Morgan fingerprint density at radius 3 is 2.85 bits per heavy atom. The van der Waals surface area contributed by atoms with E-state index in [2.05, 4.69) is 15.6 Å². The summed E-state index contributed by atoms with van der Waals surface area (Å²) in [5.74, 6) is 0.417. The van der Waals surface area contributed by atoms with Crippen LogP contribution in [0, 0.1) is 5.92 Å². The van der Waals surface area contributed by atoms with Gasteiger partial charge in [0.25, 0.3) is 11.5 Å². The quantitative estimate of drug-likeness (QED) is 0.727. The molecular weight excluding hydrogens is 356 g/mol. The largest absolute Gasteiger partial charge is 0.352 e. The van der Waals surface area contributed by atoms with Gasteiger partial charge in [-0.1, -0.05) is 0 Å². The Morgan fingerprint density at radius 1 is 1.35 bits per heavy atom. The number of hydrogen-bond donors (Lipinski definition) is 3. The van der Waals surface area contributed by atoms with Crippen LogP contribution < -0.4 is 21.9 Å². The van der Waals surface area contributed by atoms with Gasteiger partial charge in [0.15, 0.2) is 0 Å². The van der Waals surface area contributed by atoms with Crippen LogP contribution in [0.4, 0.5) is 0 Å². The van der Waals surface area contributed by atoms with Crippen LogP contribution in [0.5, 0.6) is 0 Å². The van der Waals surface area contributed by atoms with E-state index in [1.807, 2.05) is 0 Å². The summed E-state index contributed by atoms with van der Waals surface area (Å²) in [6, 6.07) is 4.79. The third kappa shape index (κ3) is 4.34. The zero-order valence-electron chi connectivity index (χ0n) is 14.8. The van der Waals surface area contributed by atoms with Crippen LogP contribution in [0.25, 0.3) is 10.9 Å². The molecule has 0 saturated carbocycles. The van der Waals surface area contributed by atoms with Crippen molar-refractivity contribution in [3.8, 4) is 0 Å². The summed E-state index contributed by atoms with van der Waals surface area (Å²) >= 11 is 0. The molecule has 8 heteroatoms. The first-order valence-corrected chi connectivity index (χ1v) is 8.86. The van der Waals surface area contributed by atoms with E-state index in [0.717, 1.165) is 24.1 Å². The molecule has 7 nitrogen and oxygen atoms in total. The Hall–Kier alpha value is -2.12. The smallest absolute Gasteiger partial charge is 0.328 e. The number of fused-ring (bicyclic) bond motifs is 1. The fourth-order valence-electron chi connectivity index (χ4n) is 3.35. The van der Waals surface area contributed by atoms with Crippen LogP contribution in [0.15, 0.2) is 27.8 Å². The minimum absolute atomic E-state index is 0. The molecule has 0 spiro atoms. The van der Waals surface area contributed by atoms with Gasteiger partial charge in [-0.3, -0.25) is 14.2 Å². The van der Waals surface area contributed by atoms with E-state index in [4.69, 9.17) is 0 Å². The third-order valence-corrected chi connectivity index (χ3v) is 4.80.